The minimum absolute atomic E-state index is 0.0364. The summed E-state index contributed by atoms with van der Waals surface area (Å²) in [6, 6.07) is 3.21. The third-order valence-electron chi connectivity index (χ3n) is 4.06. The van der Waals surface area contributed by atoms with Crippen LogP contribution in [0.4, 0.5) is 0 Å². The first-order valence-corrected chi connectivity index (χ1v) is 8.10. The van der Waals surface area contributed by atoms with Gasteiger partial charge in [-0.25, -0.2) is 4.98 Å². The molecule has 0 saturated heterocycles. The number of pyridine rings is 1. The van der Waals surface area contributed by atoms with E-state index in [1.807, 2.05) is 0 Å². The van der Waals surface area contributed by atoms with Crippen LogP contribution in [0.5, 0.6) is 5.88 Å². The molecule has 2 atom stereocenters. The highest BCUT2D eigenvalue weighted by molar-refractivity contribution is 5.94. The van der Waals surface area contributed by atoms with Crippen LogP contribution >= 0.6 is 0 Å². The Morgan fingerprint density at radius 2 is 2.13 bits per heavy atom. The molecule has 2 rings (SSSR count). The van der Waals surface area contributed by atoms with Crippen LogP contribution in [-0.4, -0.2) is 36.5 Å². The fourth-order valence-electron chi connectivity index (χ4n) is 2.77. The Balaban J connectivity index is 1.94. The number of ether oxygens (including phenoxy) is 1. The number of hydrogen-bond donors (Lipinski definition) is 2. The fourth-order valence-corrected chi connectivity index (χ4v) is 2.77. The number of amides is 2. The van der Waals surface area contributed by atoms with Crippen molar-refractivity contribution in [1.82, 2.24) is 15.6 Å². The number of methoxy groups -OCH3 is 1. The number of rotatable bonds is 6. The van der Waals surface area contributed by atoms with E-state index in [4.69, 9.17) is 4.74 Å². The Hall–Kier alpha value is -2.11. The van der Waals surface area contributed by atoms with Crippen molar-refractivity contribution in [3.05, 3.63) is 23.9 Å². The summed E-state index contributed by atoms with van der Waals surface area (Å²) < 4.78 is 4.98. The molecule has 0 aromatic carbocycles. The summed E-state index contributed by atoms with van der Waals surface area (Å²) >= 11 is 0. The molecule has 1 aromatic heterocycles. The van der Waals surface area contributed by atoms with Crippen molar-refractivity contribution in [1.29, 1.82) is 0 Å². The maximum atomic E-state index is 12.3. The number of carbonyl (C=O) groups is 2. The van der Waals surface area contributed by atoms with E-state index in [9.17, 15) is 9.59 Å². The molecular weight excluding hydrogens is 294 g/mol. The molecule has 0 unspecified atom stereocenters. The topological polar surface area (TPSA) is 80.3 Å². The van der Waals surface area contributed by atoms with Crippen LogP contribution in [0.3, 0.4) is 0 Å². The highest BCUT2D eigenvalue weighted by atomic mass is 16.5. The Morgan fingerprint density at radius 1 is 1.35 bits per heavy atom. The fraction of sp³-hybridized carbons (Fsp3) is 0.588. The van der Waals surface area contributed by atoms with Gasteiger partial charge in [-0.1, -0.05) is 20.3 Å². The quantitative estimate of drug-likeness (QED) is 0.837. The van der Waals surface area contributed by atoms with E-state index in [0.717, 1.165) is 19.3 Å². The average molecular weight is 319 g/mol. The SMILES string of the molecule is COc1ccc(C(=O)N[C@@H]2CCC[C@@H]2C(=O)NCC(C)C)cn1. The summed E-state index contributed by atoms with van der Waals surface area (Å²) in [5, 5.41) is 5.93. The monoisotopic (exact) mass is 319 g/mol. The first-order chi connectivity index (χ1) is 11.0. The predicted octanol–water partition coefficient (Wildman–Crippen LogP) is 1.76. The van der Waals surface area contributed by atoms with E-state index in [-0.39, 0.29) is 23.8 Å². The first kappa shape index (κ1) is 17.2. The van der Waals surface area contributed by atoms with Crippen LogP contribution in [0.15, 0.2) is 18.3 Å². The third kappa shape index (κ3) is 4.68. The summed E-state index contributed by atoms with van der Waals surface area (Å²) in [5.74, 6) is 0.569. The van der Waals surface area contributed by atoms with Crippen molar-refractivity contribution >= 4 is 11.8 Å². The number of nitrogens with one attached hydrogen (secondary N) is 2. The summed E-state index contributed by atoms with van der Waals surface area (Å²) in [6.45, 7) is 4.79. The van der Waals surface area contributed by atoms with Gasteiger partial charge in [0.05, 0.1) is 18.6 Å². The van der Waals surface area contributed by atoms with Gasteiger partial charge in [-0.15, -0.1) is 0 Å². The molecule has 1 fully saturated rings. The van der Waals surface area contributed by atoms with Gasteiger partial charge in [-0.3, -0.25) is 9.59 Å². The minimum Gasteiger partial charge on any atom is -0.481 e. The lowest BCUT2D eigenvalue weighted by Gasteiger charge is -2.21. The molecule has 2 amide bonds. The van der Waals surface area contributed by atoms with E-state index in [0.29, 0.717) is 23.9 Å². The molecule has 2 N–H and O–H groups in total. The van der Waals surface area contributed by atoms with Gasteiger partial charge in [0.1, 0.15) is 0 Å². The van der Waals surface area contributed by atoms with E-state index in [1.54, 1.807) is 12.1 Å². The van der Waals surface area contributed by atoms with Crippen LogP contribution in [0, 0.1) is 11.8 Å². The number of carbonyl (C=O) groups excluding carboxylic acids is 2. The Bertz CT molecular complexity index is 543. The van der Waals surface area contributed by atoms with Crippen LogP contribution in [0.1, 0.15) is 43.5 Å². The van der Waals surface area contributed by atoms with Crippen molar-refractivity contribution in [2.24, 2.45) is 11.8 Å². The van der Waals surface area contributed by atoms with E-state index in [2.05, 4.69) is 29.5 Å². The second kappa shape index (κ2) is 7.94. The molecule has 0 radical (unpaired) electrons. The van der Waals surface area contributed by atoms with Crippen molar-refractivity contribution in [3.8, 4) is 5.88 Å². The summed E-state index contributed by atoms with van der Waals surface area (Å²) in [6.07, 6.45) is 4.08. The first-order valence-electron chi connectivity index (χ1n) is 8.10. The summed E-state index contributed by atoms with van der Waals surface area (Å²) in [4.78, 5) is 28.6. The van der Waals surface area contributed by atoms with E-state index in [1.165, 1.54) is 13.3 Å². The predicted molar refractivity (Wildman–Crippen MR) is 87.2 cm³/mol. The van der Waals surface area contributed by atoms with Crippen molar-refractivity contribution in [3.63, 3.8) is 0 Å². The standard InChI is InChI=1S/C17H25N3O3/c1-11(2)9-19-17(22)13-5-4-6-14(13)20-16(21)12-7-8-15(23-3)18-10-12/h7-8,10-11,13-14H,4-6,9H2,1-3H3,(H,19,22)(H,20,21)/t13-,14+/m0/s1. The molecule has 1 aromatic rings. The van der Waals surface area contributed by atoms with Crippen LogP contribution < -0.4 is 15.4 Å². The zero-order valence-corrected chi connectivity index (χ0v) is 14.0. The lowest BCUT2D eigenvalue weighted by atomic mass is 10.0. The Kier molecular flexibility index (Phi) is 5.96. The lowest BCUT2D eigenvalue weighted by molar-refractivity contribution is -0.125. The molecule has 6 nitrogen and oxygen atoms in total. The normalized spacial score (nSPS) is 20.3. The molecule has 23 heavy (non-hydrogen) atoms. The maximum absolute atomic E-state index is 12.3. The molecule has 0 bridgehead atoms. The van der Waals surface area contributed by atoms with Gasteiger partial charge < -0.3 is 15.4 Å². The second-order valence-electron chi connectivity index (χ2n) is 6.35. The largest absolute Gasteiger partial charge is 0.481 e. The van der Waals surface area contributed by atoms with Crippen molar-refractivity contribution in [2.75, 3.05) is 13.7 Å². The molecule has 1 aliphatic rings. The molecule has 0 aliphatic heterocycles. The summed E-state index contributed by atoms with van der Waals surface area (Å²) in [7, 11) is 1.53. The van der Waals surface area contributed by atoms with Gasteiger partial charge >= 0.3 is 0 Å². The average Bonchev–Trinajstić information content (AvgIpc) is 3.00. The third-order valence-corrected chi connectivity index (χ3v) is 4.06. The molecule has 1 saturated carbocycles. The van der Waals surface area contributed by atoms with Crippen molar-refractivity contribution in [2.45, 2.75) is 39.2 Å². The van der Waals surface area contributed by atoms with Gasteiger partial charge in [-0.05, 0) is 24.8 Å². The minimum atomic E-state index is -0.200. The van der Waals surface area contributed by atoms with Gasteiger partial charge in [0.25, 0.3) is 5.91 Å². The van der Waals surface area contributed by atoms with E-state index >= 15 is 0 Å². The molecule has 0 spiro atoms. The van der Waals surface area contributed by atoms with Crippen molar-refractivity contribution < 1.29 is 14.3 Å². The maximum Gasteiger partial charge on any atom is 0.253 e. The zero-order chi connectivity index (χ0) is 16.8. The molecule has 126 valence electrons. The summed E-state index contributed by atoms with van der Waals surface area (Å²) in [5.41, 5.74) is 0.471. The lowest BCUT2D eigenvalue weighted by Crippen LogP contribution is -2.44. The van der Waals surface area contributed by atoms with Crippen LogP contribution in [0.2, 0.25) is 0 Å². The Morgan fingerprint density at radius 3 is 2.74 bits per heavy atom. The molecule has 1 aliphatic carbocycles. The number of nitrogens with zero attached hydrogens (tertiary/aromatic N) is 1. The smallest absolute Gasteiger partial charge is 0.253 e. The molecule has 6 heteroatoms. The molecule has 1 heterocycles. The highest BCUT2D eigenvalue weighted by Gasteiger charge is 2.34. The van der Waals surface area contributed by atoms with E-state index < -0.39 is 0 Å². The van der Waals surface area contributed by atoms with Gasteiger partial charge in [0, 0.05) is 24.8 Å². The van der Waals surface area contributed by atoms with Gasteiger partial charge in [0.2, 0.25) is 11.8 Å². The second-order valence-corrected chi connectivity index (χ2v) is 6.35. The zero-order valence-electron chi connectivity index (χ0n) is 14.0. The van der Waals surface area contributed by atoms with Crippen LogP contribution in [0.25, 0.3) is 0 Å². The number of hydrogen-bond acceptors (Lipinski definition) is 4. The highest BCUT2D eigenvalue weighted by Crippen LogP contribution is 2.26. The van der Waals surface area contributed by atoms with Gasteiger partial charge in [0.15, 0.2) is 0 Å². The molecular formula is C17H25N3O3. The Labute approximate surface area is 137 Å². The number of aromatic nitrogens is 1. The van der Waals surface area contributed by atoms with Gasteiger partial charge in [-0.2, -0.15) is 0 Å². The van der Waals surface area contributed by atoms with Crippen LogP contribution in [-0.2, 0) is 4.79 Å².